The number of ether oxygens (including phenoxy) is 1. The topological polar surface area (TPSA) is 89.4 Å². The van der Waals surface area contributed by atoms with Gasteiger partial charge < -0.3 is 14.1 Å². The molecule has 0 aliphatic heterocycles. The Balaban J connectivity index is 1.54. The Morgan fingerprint density at radius 2 is 1.84 bits per heavy atom. The maximum atomic E-state index is 12.8. The third-order valence-electron chi connectivity index (χ3n) is 5.59. The zero-order valence-corrected chi connectivity index (χ0v) is 17.9. The molecule has 6 nitrogen and oxygen atoms in total. The monoisotopic (exact) mass is 417 g/mol. The minimum atomic E-state index is -0.987. The standard InChI is InChI=1S/C25H23NO5/c1-13-22(15(3)27)14(2)26-24(13)25(29)16(4)31-21(28)11-18-12-30-20-10-9-17-7-5-6-8-19(17)23(18)20/h5-10,12,16,26H,11H2,1-4H3. The number of hydrogen-bond donors (Lipinski definition) is 1. The zero-order chi connectivity index (χ0) is 22.3. The molecule has 1 unspecified atom stereocenters. The molecule has 0 aliphatic rings. The third kappa shape index (κ3) is 3.65. The average Bonchev–Trinajstić information content (AvgIpc) is 3.27. The van der Waals surface area contributed by atoms with E-state index in [1.165, 1.54) is 13.8 Å². The van der Waals surface area contributed by atoms with E-state index >= 15 is 0 Å². The first-order valence-electron chi connectivity index (χ1n) is 10.1. The van der Waals surface area contributed by atoms with Gasteiger partial charge in [-0.1, -0.05) is 30.3 Å². The highest BCUT2D eigenvalue weighted by Crippen LogP contribution is 2.30. The number of fused-ring (bicyclic) bond motifs is 3. The van der Waals surface area contributed by atoms with E-state index in [1.54, 1.807) is 20.1 Å². The second-order valence-electron chi connectivity index (χ2n) is 7.78. The molecule has 4 rings (SSSR count). The van der Waals surface area contributed by atoms with Gasteiger partial charge in [-0.15, -0.1) is 0 Å². The predicted octanol–water partition coefficient (Wildman–Crippen LogP) is 5.09. The number of Topliss-reactive ketones (excluding diaryl/α,β-unsaturated/α-hetero) is 2. The van der Waals surface area contributed by atoms with Gasteiger partial charge in [0.15, 0.2) is 11.9 Å². The highest BCUT2D eigenvalue weighted by atomic mass is 16.5. The summed E-state index contributed by atoms with van der Waals surface area (Å²) in [5, 5.41) is 2.92. The second kappa shape index (κ2) is 7.87. The van der Waals surface area contributed by atoms with E-state index in [0.29, 0.717) is 33.7 Å². The van der Waals surface area contributed by atoms with Crippen LogP contribution in [-0.4, -0.2) is 28.6 Å². The van der Waals surface area contributed by atoms with Crippen LogP contribution in [0.3, 0.4) is 0 Å². The highest BCUT2D eigenvalue weighted by molar-refractivity contribution is 6.08. The number of furan rings is 1. The van der Waals surface area contributed by atoms with E-state index in [9.17, 15) is 14.4 Å². The van der Waals surface area contributed by atoms with Gasteiger partial charge in [-0.25, -0.2) is 0 Å². The van der Waals surface area contributed by atoms with Crippen molar-refractivity contribution in [2.24, 2.45) is 0 Å². The number of carbonyl (C=O) groups is 3. The predicted molar refractivity (Wildman–Crippen MR) is 118 cm³/mol. The van der Waals surface area contributed by atoms with Gasteiger partial charge in [0.1, 0.15) is 5.58 Å². The largest absolute Gasteiger partial charge is 0.464 e. The Labute approximate surface area is 179 Å². The molecular formula is C25H23NO5. The van der Waals surface area contributed by atoms with Crippen LogP contribution >= 0.6 is 0 Å². The van der Waals surface area contributed by atoms with Crippen molar-refractivity contribution in [2.45, 2.75) is 40.2 Å². The Bertz CT molecular complexity index is 1340. The number of aromatic amines is 1. The van der Waals surface area contributed by atoms with Gasteiger partial charge in [0, 0.05) is 22.2 Å². The van der Waals surface area contributed by atoms with Crippen LogP contribution in [-0.2, 0) is 16.0 Å². The minimum Gasteiger partial charge on any atom is -0.464 e. The maximum absolute atomic E-state index is 12.8. The number of nitrogens with one attached hydrogen (secondary N) is 1. The van der Waals surface area contributed by atoms with Crippen molar-refractivity contribution < 1.29 is 23.5 Å². The first-order valence-corrected chi connectivity index (χ1v) is 10.1. The van der Waals surface area contributed by atoms with Crippen molar-refractivity contribution in [3.8, 4) is 0 Å². The Hall–Kier alpha value is -3.67. The van der Waals surface area contributed by atoms with Crippen LogP contribution in [0.5, 0.6) is 0 Å². The number of rotatable bonds is 6. The number of benzene rings is 2. The molecule has 1 atom stereocenters. The number of aromatic nitrogens is 1. The van der Waals surface area contributed by atoms with E-state index in [1.807, 2.05) is 36.4 Å². The van der Waals surface area contributed by atoms with Gasteiger partial charge in [-0.05, 0) is 50.1 Å². The summed E-state index contributed by atoms with van der Waals surface area (Å²) >= 11 is 0. The molecule has 0 saturated carbocycles. The van der Waals surface area contributed by atoms with E-state index in [2.05, 4.69) is 4.98 Å². The van der Waals surface area contributed by atoms with Gasteiger partial charge in [0.2, 0.25) is 5.78 Å². The fraction of sp³-hybridized carbons (Fsp3) is 0.240. The van der Waals surface area contributed by atoms with Crippen LogP contribution in [0.25, 0.3) is 21.7 Å². The van der Waals surface area contributed by atoms with Gasteiger partial charge in [-0.2, -0.15) is 0 Å². The molecule has 0 saturated heterocycles. The van der Waals surface area contributed by atoms with Gasteiger partial charge in [0.05, 0.1) is 18.4 Å². The summed E-state index contributed by atoms with van der Waals surface area (Å²) in [5.41, 5.74) is 3.40. The van der Waals surface area contributed by atoms with Crippen molar-refractivity contribution in [1.82, 2.24) is 4.98 Å². The first-order chi connectivity index (χ1) is 14.8. The van der Waals surface area contributed by atoms with Crippen molar-refractivity contribution in [3.05, 3.63) is 70.7 Å². The molecule has 0 amide bonds. The van der Waals surface area contributed by atoms with Gasteiger partial charge in [-0.3, -0.25) is 14.4 Å². The lowest BCUT2D eigenvalue weighted by Gasteiger charge is -2.12. The van der Waals surface area contributed by atoms with Crippen LogP contribution in [0, 0.1) is 13.8 Å². The number of hydrogen-bond acceptors (Lipinski definition) is 5. The lowest BCUT2D eigenvalue weighted by molar-refractivity contribution is -0.145. The molecule has 0 aliphatic carbocycles. The maximum Gasteiger partial charge on any atom is 0.311 e. The summed E-state index contributed by atoms with van der Waals surface area (Å²) in [6.45, 7) is 6.45. The van der Waals surface area contributed by atoms with Crippen LogP contribution < -0.4 is 0 Å². The average molecular weight is 417 g/mol. The highest BCUT2D eigenvalue weighted by Gasteiger charge is 2.26. The number of carbonyl (C=O) groups excluding carboxylic acids is 3. The number of esters is 1. The zero-order valence-electron chi connectivity index (χ0n) is 17.9. The van der Waals surface area contributed by atoms with Gasteiger partial charge in [0.25, 0.3) is 0 Å². The quantitative estimate of drug-likeness (QED) is 0.349. The first kappa shape index (κ1) is 20.6. The van der Waals surface area contributed by atoms with Crippen molar-refractivity contribution in [3.63, 3.8) is 0 Å². The molecule has 0 fully saturated rings. The van der Waals surface area contributed by atoms with Crippen LogP contribution in [0.2, 0.25) is 0 Å². The van der Waals surface area contributed by atoms with Crippen molar-refractivity contribution >= 4 is 39.3 Å². The Morgan fingerprint density at radius 3 is 2.55 bits per heavy atom. The molecular weight excluding hydrogens is 394 g/mol. The van der Waals surface area contributed by atoms with Crippen LogP contribution in [0.4, 0.5) is 0 Å². The van der Waals surface area contributed by atoms with Gasteiger partial charge >= 0.3 is 5.97 Å². The molecule has 158 valence electrons. The SMILES string of the molecule is CC(=O)c1c(C)[nH]c(C(=O)C(C)OC(=O)Cc2coc3ccc4ccccc4c23)c1C. The number of aryl methyl sites for hydroxylation is 1. The summed E-state index contributed by atoms with van der Waals surface area (Å²) in [6, 6.07) is 11.7. The van der Waals surface area contributed by atoms with Crippen LogP contribution in [0.15, 0.2) is 47.1 Å². The Kier molecular flexibility index (Phi) is 5.23. The Morgan fingerprint density at radius 1 is 1.10 bits per heavy atom. The van der Waals surface area contributed by atoms with E-state index in [-0.39, 0.29) is 18.0 Å². The van der Waals surface area contributed by atoms with Crippen molar-refractivity contribution in [2.75, 3.05) is 0 Å². The molecule has 0 spiro atoms. The molecule has 2 heterocycles. The summed E-state index contributed by atoms with van der Waals surface area (Å²) in [7, 11) is 0. The molecule has 2 aromatic heterocycles. The summed E-state index contributed by atoms with van der Waals surface area (Å²) < 4.78 is 11.1. The molecule has 2 aromatic carbocycles. The molecule has 0 radical (unpaired) electrons. The number of ketones is 2. The normalized spacial score (nSPS) is 12.3. The summed E-state index contributed by atoms with van der Waals surface area (Å²) in [6.07, 6.45) is 0.557. The lowest BCUT2D eigenvalue weighted by Crippen LogP contribution is -2.26. The smallest absolute Gasteiger partial charge is 0.311 e. The minimum absolute atomic E-state index is 0.0138. The lowest BCUT2D eigenvalue weighted by atomic mass is 10.0. The molecule has 6 heteroatoms. The third-order valence-corrected chi connectivity index (χ3v) is 5.59. The van der Waals surface area contributed by atoms with E-state index in [0.717, 1.165) is 16.2 Å². The van der Waals surface area contributed by atoms with E-state index < -0.39 is 12.1 Å². The second-order valence-corrected chi connectivity index (χ2v) is 7.78. The molecule has 31 heavy (non-hydrogen) atoms. The molecule has 0 bridgehead atoms. The fourth-order valence-corrected chi connectivity index (χ4v) is 4.18. The summed E-state index contributed by atoms with van der Waals surface area (Å²) in [4.78, 5) is 40.2. The summed E-state index contributed by atoms with van der Waals surface area (Å²) in [5.74, 6) is -1.01. The van der Waals surface area contributed by atoms with Crippen molar-refractivity contribution in [1.29, 1.82) is 0 Å². The van der Waals surface area contributed by atoms with Crippen LogP contribution in [0.1, 0.15) is 51.5 Å². The number of H-pyrrole nitrogens is 1. The molecule has 1 N–H and O–H groups in total. The fourth-order valence-electron chi connectivity index (χ4n) is 4.18. The van der Waals surface area contributed by atoms with E-state index in [4.69, 9.17) is 9.15 Å². The molecule has 4 aromatic rings.